The van der Waals surface area contributed by atoms with Gasteiger partial charge in [-0.2, -0.15) is 13.2 Å². The van der Waals surface area contributed by atoms with Crippen LogP contribution in [0.1, 0.15) is 12.0 Å². The summed E-state index contributed by atoms with van der Waals surface area (Å²) in [5.74, 6) is -2.85. The molecule has 3 heterocycles. The number of carbonyl (C=O) groups excluding carboxylic acids is 1. The summed E-state index contributed by atoms with van der Waals surface area (Å²) in [6.45, 7) is 0. The number of halogens is 4. The molecule has 7 nitrogen and oxygen atoms in total. The van der Waals surface area contributed by atoms with E-state index in [1.807, 2.05) is 0 Å². The van der Waals surface area contributed by atoms with Gasteiger partial charge in [-0.05, 0) is 6.07 Å². The van der Waals surface area contributed by atoms with Crippen LogP contribution in [0, 0.1) is 0 Å². The van der Waals surface area contributed by atoms with Gasteiger partial charge < -0.3 is 10.6 Å². The van der Waals surface area contributed by atoms with Crippen molar-refractivity contribution in [3.63, 3.8) is 0 Å². The first kappa shape index (κ1) is 16.0. The molecule has 2 aromatic rings. The van der Waals surface area contributed by atoms with Gasteiger partial charge in [0.25, 0.3) is 0 Å². The van der Waals surface area contributed by atoms with Crippen molar-refractivity contribution in [2.45, 2.75) is 18.4 Å². The van der Waals surface area contributed by atoms with Crippen molar-refractivity contribution in [3.05, 3.63) is 30.1 Å². The Bertz CT molecular complexity index is 789. The molecule has 2 aromatic heterocycles. The Morgan fingerprint density at radius 3 is 2.88 bits per heavy atom. The number of carbonyl (C=O) groups is 1. The Morgan fingerprint density at radius 2 is 2.21 bits per heavy atom. The van der Waals surface area contributed by atoms with E-state index in [2.05, 4.69) is 26.0 Å². The van der Waals surface area contributed by atoms with E-state index in [-0.39, 0.29) is 22.9 Å². The molecule has 1 aliphatic heterocycles. The molecule has 1 unspecified atom stereocenters. The Kier molecular flexibility index (Phi) is 3.57. The number of fused-ring (bicyclic) bond motifs is 3. The highest BCUT2D eigenvalue weighted by Gasteiger charge is 2.48. The van der Waals surface area contributed by atoms with Crippen molar-refractivity contribution in [1.29, 1.82) is 0 Å². The molecule has 0 aliphatic carbocycles. The SMILES string of the molecule is CNC(=O)Nc1cc2n(n1)-c1cnccc1C(F)(CC(F)(F)F)N2. The van der Waals surface area contributed by atoms with Gasteiger partial charge in [0.05, 0.1) is 11.9 Å². The predicted molar refractivity (Wildman–Crippen MR) is 76.5 cm³/mol. The van der Waals surface area contributed by atoms with Crippen LogP contribution >= 0.6 is 0 Å². The molecule has 0 saturated heterocycles. The maximum atomic E-state index is 15.1. The summed E-state index contributed by atoms with van der Waals surface area (Å²) < 4.78 is 54.6. The Hall–Kier alpha value is -2.85. The molecule has 3 N–H and O–H groups in total. The van der Waals surface area contributed by atoms with Crippen LogP contribution < -0.4 is 16.0 Å². The summed E-state index contributed by atoms with van der Waals surface area (Å²) in [5.41, 5.74) is -0.181. The van der Waals surface area contributed by atoms with Crippen LogP contribution in [-0.2, 0) is 5.79 Å². The van der Waals surface area contributed by atoms with Crippen LogP contribution in [0.2, 0.25) is 0 Å². The molecular weight excluding hydrogens is 332 g/mol. The normalized spacial score (nSPS) is 19.0. The van der Waals surface area contributed by atoms with Crippen LogP contribution in [0.5, 0.6) is 0 Å². The van der Waals surface area contributed by atoms with Crippen molar-refractivity contribution < 1.29 is 22.4 Å². The number of urea groups is 1. The fourth-order valence-electron chi connectivity index (χ4n) is 2.47. The third kappa shape index (κ3) is 2.84. The zero-order chi connectivity index (χ0) is 17.5. The molecule has 0 bridgehead atoms. The van der Waals surface area contributed by atoms with E-state index in [1.165, 1.54) is 30.2 Å². The lowest BCUT2D eigenvalue weighted by atomic mass is 9.98. The smallest absolute Gasteiger partial charge is 0.341 e. The van der Waals surface area contributed by atoms with E-state index in [4.69, 9.17) is 0 Å². The summed E-state index contributed by atoms with van der Waals surface area (Å²) >= 11 is 0. The minimum Gasteiger partial charge on any atom is -0.341 e. The fraction of sp³-hybridized carbons (Fsp3) is 0.308. The van der Waals surface area contributed by atoms with Crippen molar-refractivity contribution in [3.8, 4) is 5.69 Å². The summed E-state index contributed by atoms with van der Waals surface area (Å²) in [4.78, 5) is 15.1. The van der Waals surface area contributed by atoms with Gasteiger partial charge in [0.2, 0.25) is 5.79 Å². The molecule has 11 heteroatoms. The first-order chi connectivity index (χ1) is 11.2. The summed E-state index contributed by atoms with van der Waals surface area (Å²) in [6, 6.07) is 1.82. The van der Waals surface area contributed by atoms with E-state index in [0.29, 0.717) is 0 Å². The maximum absolute atomic E-state index is 15.1. The number of aromatic nitrogens is 3. The lowest BCUT2D eigenvalue weighted by molar-refractivity contribution is -0.159. The number of nitrogens with one attached hydrogen (secondary N) is 3. The van der Waals surface area contributed by atoms with E-state index >= 15 is 4.39 Å². The van der Waals surface area contributed by atoms with Crippen LogP contribution in [0.3, 0.4) is 0 Å². The van der Waals surface area contributed by atoms with Crippen molar-refractivity contribution in [2.75, 3.05) is 17.7 Å². The Balaban J connectivity index is 2.06. The second-order valence-electron chi connectivity index (χ2n) is 5.14. The van der Waals surface area contributed by atoms with E-state index < -0.39 is 24.4 Å². The number of hydrogen-bond acceptors (Lipinski definition) is 4. The first-order valence-corrected chi connectivity index (χ1v) is 6.79. The molecule has 1 atom stereocenters. The molecule has 1 aliphatic rings. The van der Waals surface area contributed by atoms with E-state index in [9.17, 15) is 18.0 Å². The molecular formula is C13H12F4N6O. The number of pyridine rings is 1. The predicted octanol–water partition coefficient (Wildman–Crippen LogP) is 2.52. The van der Waals surface area contributed by atoms with E-state index in [1.54, 1.807) is 0 Å². The van der Waals surface area contributed by atoms with Gasteiger partial charge in [-0.15, -0.1) is 5.10 Å². The lowest BCUT2D eigenvalue weighted by Gasteiger charge is -2.34. The molecule has 0 saturated carbocycles. The molecule has 24 heavy (non-hydrogen) atoms. The minimum atomic E-state index is -4.73. The number of alkyl halides is 4. The number of rotatable bonds is 2. The largest absolute Gasteiger partial charge is 0.394 e. The Labute approximate surface area is 133 Å². The van der Waals surface area contributed by atoms with Gasteiger partial charge in [0.1, 0.15) is 12.2 Å². The van der Waals surface area contributed by atoms with E-state index in [0.717, 1.165) is 6.07 Å². The van der Waals surface area contributed by atoms with Crippen LogP contribution in [-0.4, -0.2) is 34.0 Å². The molecule has 0 aromatic carbocycles. The van der Waals surface area contributed by atoms with Crippen LogP contribution in [0.25, 0.3) is 5.69 Å². The second kappa shape index (κ2) is 5.35. The van der Waals surface area contributed by atoms with Gasteiger partial charge in [-0.3, -0.25) is 10.3 Å². The van der Waals surface area contributed by atoms with Crippen molar-refractivity contribution in [1.82, 2.24) is 20.1 Å². The first-order valence-electron chi connectivity index (χ1n) is 6.79. The number of amides is 2. The number of hydrogen-bond donors (Lipinski definition) is 3. The number of anilines is 2. The standard InChI is InChI=1S/C13H12F4N6O/c1-18-11(24)20-9-4-10-21-12(14,6-13(15,16)17)7-2-3-19-5-8(7)23(10)22-9/h2-5,21H,6H2,1H3,(H2,18,20,22,24). The molecule has 2 amide bonds. The third-order valence-electron chi connectivity index (χ3n) is 3.40. The van der Waals surface area contributed by atoms with Crippen LogP contribution in [0.4, 0.5) is 34.0 Å². The van der Waals surface area contributed by atoms with Crippen molar-refractivity contribution >= 4 is 17.7 Å². The minimum absolute atomic E-state index is 0.0337. The van der Waals surface area contributed by atoms with Crippen LogP contribution in [0.15, 0.2) is 24.5 Å². The molecule has 0 spiro atoms. The average Bonchev–Trinajstić information content (AvgIpc) is 2.87. The van der Waals surface area contributed by atoms with Gasteiger partial charge in [-0.1, -0.05) is 0 Å². The highest BCUT2D eigenvalue weighted by atomic mass is 19.4. The molecule has 0 radical (unpaired) electrons. The second-order valence-corrected chi connectivity index (χ2v) is 5.14. The average molecular weight is 344 g/mol. The number of nitrogens with zero attached hydrogens (tertiary/aromatic N) is 3. The topological polar surface area (TPSA) is 83.9 Å². The summed E-state index contributed by atoms with van der Waals surface area (Å²) in [6.07, 6.45) is -4.04. The quantitative estimate of drug-likeness (QED) is 0.577. The molecule has 128 valence electrons. The summed E-state index contributed by atoms with van der Waals surface area (Å²) in [5, 5.41) is 10.9. The van der Waals surface area contributed by atoms with Gasteiger partial charge >= 0.3 is 12.2 Å². The maximum Gasteiger partial charge on any atom is 0.394 e. The summed E-state index contributed by atoms with van der Waals surface area (Å²) in [7, 11) is 1.39. The Morgan fingerprint density at radius 1 is 1.46 bits per heavy atom. The van der Waals surface area contributed by atoms with Gasteiger partial charge in [0, 0.05) is 24.9 Å². The highest BCUT2D eigenvalue weighted by molar-refractivity contribution is 5.88. The molecule has 3 rings (SSSR count). The highest BCUT2D eigenvalue weighted by Crippen LogP contribution is 2.44. The van der Waals surface area contributed by atoms with Gasteiger partial charge in [-0.25, -0.2) is 13.9 Å². The van der Waals surface area contributed by atoms with Gasteiger partial charge in [0.15, 0.2) is 5.82 Å². The zero-order valence-electron chi connectivity index (χ0n) is 12.3. The molecule has 0 fully saturated rings. The van der Waals surface area contributed by atoms with Crippen molar-refractivity contribution in [2.24, 2.45) is 0 Å². The third-order valence-corrected chi connectivity index (χ3v) is 3.40. The lowest BCUT2D eigenvalue weighted by Crippen LogP contribution is -2.40. The fourth-order valence-corrected chi connectivity index (χ4v) is 2.47. The zero-order valence-corrected chi connectivity index (χ0v) is 12.3. The monoisotopic (exact) mass is 344 g/mol.